The highest BCUT2D eigenvalue weighted by molar-refractivity contribution is 5.94. The molecule has 2 amide bonds. The summed E-state index contributed by atoms with van der Waals surface area (Å²) in [6.07, 6.45) is 5.50. The van der Waals surface area contributed by atoms with Crippen molar-refractivity contribution in [1.82, 2.24) is 19.6 Å². The van der Waals surface area contributed by atoms with E-state index in [4.69, 9.17) is 10.5 Å². The summed E-state index contributed by atoms with van der Waals surface area (Å²) in [6.45, 7) is 4.11. The fraction of sp³-hybridized carbons (Fsp3) is 0.348. The molecule has 1 aliphatic rings. The highest BCUT2D eigenvalue weighted by atomic mass is 16.5. The molecule has 3 aromatic rings. The molecule has 0 aliphatic carbocycles. The second-order valence-electron chi connectivity index (χ2n) is 7.96. The Kier molecular flexibility index (Phi) is 6.18. The Morgan fingerprint density at radius 3 is 2.77 bits per heavy atom. The van der Waals surface area contributed by atoms with Gasteiger partial charge in [0.15, 0.2) is 0 Å². The smallest absolute Gasteiger partial charge is 0.251 e. The third-order valence-corrected chi connectivity index (χ3v) is 5.51. The van der Waals surface area contributed by atoms with E-state index in [1.54, 1.807) is 12.1 Å². The van der Waals surface area contributed by atoms with Crippen LogP contribution in [-0.2, 0) is 11.4 Å². The van der Waals surface area contributed by atoms with Crippen molar-refractivity contribution in [2.45, 2.75) is 32.4 Å². The summed E-state index contributed by atoms with van der Waals surface area (Å²) in [4.78, 5) is 30.4. The first-order valence-electron chi connectivity index (χ1n) is 10.5. The van der Waals surface area contributed by atoms with Gasteiger partial charge in [0, 0.05) is 37.1 Å². The number of nitrogens with one attached hydrogen (secondary N) is 1. The Hall–Kier alpha value is -3.39. The molecule has 1 aromatic carbocycles. The van der Waals surface area contributed by atoms with Crippen LogP contribution in [-0.4, -0.2) is 51.8 Å². The van der Waals surface area contributed by atoms with Gasteiger partial charge in [-0.25, -0.2) is 4.98 Å². The molecular weight excluding hydrogens is 394 g/mol. The Balaban J connectivity index is 1.33. The summed E-state index contributed by atoms with van der Waals surface area (Å²) < 4.78 is 7.87. The van der Waals surface area contributed by atoms with Crippen LogP contribution in [0.2, 0.25) is 0 Å². The second kappa shape index (κ2) is 9.18. The predicted octanol–water partition coefficient (Wildman–Crippen LogP) is 1.90. The van der Waals surface area contributed by atoms with Gasteiger partial charge in [-0.2, -0.15) is 0 Å². The number of hydrogen-bond donors (Lipinski definition) is 2. The number of benzene rings is 1. The number of likely N-dealkylation sites (tertiary alicyclic amines) is 1. The maximum atomic E-state index is 12.7. The third kappa shape index (κ3) is 5.21. The number of pyridine rings is 1. The van der Waals surface area contributed by atoms with Crippen molar-refractivity contribution in [1.29, 1.82) is 0 Å². The van der Waals surface area contributed by atoms with E-state index in [0.29, 0.717) is 17.9 Å². The summed E-state index contributed by atoms with van der Waals surface area (Å²) >= 11 is 0. The number of aromatic nitrogens is 2. The molecule has 3 heterocycles. The van der Waals surface area contributed by atoms with E-state index in [-0.39, 0.29) is 24.4 Å². The van der Waals surface area contributed by atoms with Gasteiger partial charge >= 0.3 is 0 Å². The number of piperidine rings is 1. The molecule has 4 rings (SSSR count). The van der Waals surface area contributed by atoms with E-state index in [0.717, 1.165) is 42.8 Å². The lowest BCUT2D eigenvalue weighted by Crippen LogP contribution is -2.46. The Morgan fingerprint density at radius 2 is 2.03 bits per heavy atom. The van der Waals surface area contributed by atoms with E-state index < -0.39 is 0 Å². The largest absolute Gasteiger partial charge is 0.487 e. The summed E-state index contributed by atoms with van der Waals surface area (Å²) in [6, 6.07) is 11.3. The molecule has 2 aromatic heterocycles. The fourth-order valence-corrected chi connectivity index (χ4v) is 3.88. The molecule has 1 aliphatic heterocycles. The Morgan fingerprint density at radius 1 is 1.23 bits per heavy atom. The van der Waals surface area contributed by atoms with Gasteiger partial charge in [0.1, 0.15) is 18.0 Å². The molecule has 0 unspecified atom stereocenters. The number of fused-ring (bicyclic) bond motifs is 1. The van der Waals surface area contributed by atoms with Crippen LogP contribution in [0.1, 0.15) is 34.5 Å². The zero-order chi connectivity index (χ0) is 21.8. The van der Waals surface area contributed by atoms with Crippen molar-refractivity contribution < 1.29 is 14.3 Å². The van der Waals surface area contributed by atoms with E-state index in [1.807, 2.05) is 52.9 Å². The number of aryl methyl sites for hydroxylation is 1. The molecule has 3 N–H and O–H groups in total. The lowest BCUT2D eigenvalue weighted by molar-refractivity contribution is -0.119. The molecule has 8 heteroatoms. The zero-order valence-electron chi connectivity index (χ0n) is 17.6. The summed E-state index contributed by atoms with van der Waals surface area (Å²) in [7, 11) is 0. The summed E-state index contributed by atoms with van der Waals surface area (Å²) in [5.41, 5.74) is 8.65. The highest BCUT2D eigenvalue weighted by Crippen LogP contribution is 2.17. The lowest BCUT2D eigenvalue weighted by atomic mass is 10.0. The monoisotopic (exact) mass is 421 g/mol. The molecule has 1 saturated heterocycles. The normalized spacial score (nSPS) is 15.1. The van der Waals surface area contributed by atoms with Gasteiger partial charge in [-0.05, 0) is 49.6 Å². The first kappa shape index (κ1) is 20.9. The number of hydrogen-bond acceptors (Lipinski definition) is 5. The number of primary amides is 1. The van der Waals surface area contributed by atoms with E-state index in [9.17, 15) is 9.59 Å². The van der Waals surface area contributed by atoms with Gasteiger partial charge in [0.25, 0.3) is 5.91 Å². The van der Waals surface area contributed by atoms with Gasteiger partial charge in [0.2, 0.25) is 5.91 Å². The number of nitrogens with zero attached hydrogens (tertiary/aromatic N) is 3. The third-order valence-electron chi connectivity index (χ3n) is 5.51. The number of rotatable bonds is 7. The van der Waals surface area contributed by atoms with Crippen LogP contribution in [0.4, 0.5) is 0 Å². The number of amides is 2. The molecule has 0 atom stereocenters. The second-order valence-corrected chi connectivity index (χ2v) is 7.96. The fourth-order valence-electron chi connectivity index (χ4n) is 3.88. The van der Waals surface area contributed by atoms with Crippen LogP contribution in [0.5, 0.6) is 5.75 Å². The average molecular weight is 422 g/mol. The predicted molar refractivity (Wildman–Crippen MR) is 117 cm³/mol. The number of carbonyl (C=O) groups is 2. The van der Waals surface area contributed by atoms with Crippen molar-refractivity contribution in [3.63, 3.8) is 0 Å². The summed E-state index contributed by atoms with van der Waals surface area (Å²) in [5, 5.41) is 3.08. The topological polar surface area (TPSA) is 102 Å². The average Bonchev–Trinajstić information content (AvgIpc) is 3.18. The van der Waals surface area contributed by atoms with Crippen LogP contribution in [0.25, 0.3) is 5.65 Å². The molecule has 0 radical (unpaired) electrons. The molecule has 8 nitrogen and oxygen atoms in total. The maximum Gasteiger partial charge on any atom is 0.251 e. The summed E-state index contributed by atoms with van der Waals surface area (Å²) in [5.74, 6) is 0.179. The van der Waals surface area contributed by atoms with Crippen molar-refractivity contribution in [2.75, 3.05) is 19.6 Å². The molecule has 31 heavy (non-hydrogen) atoms. The molecular formula is C23H27N5O3. The van der Waals surface area contributed by atoms with Crippen LogP contribution >= 0.6 is 0 Å². The molecule has 0 bridgehead atoms. The maximum absolute atomic E-state index is 12.7. The minimum Gasteiger partial charge on any atom is -0.487 e. The van der Waals surface area contributed by atoms with Crippen LogP contribution in [0.15, 0.2) is 48.8 Å². The van der Waals surface area contributed by atoms with Crippen molar-refractivity contribution in [3.05, 3.63) is 65.6 Å². The van der Waals surface area contributed by atoms with E-state index in [2.05, 4.69) is 10.3 Å². The van der Waals surface area contributed by atoms with Gasteiger partial charge in [0.05, 0.1) is 12.2 Å². The first-order chi connectivity index (χ1) is 15.0. The molecule has 0 spiro atoms. The van der Waals surface area contributed by atoms with Crippen LogP contribution < -0.4 is 15.8 Å². The van der Waals surface area contributed by atoms with Gasteiger partial charge < -0.3 is 20.2 Å². The number of ether oxygens (including phenoxy) is 1. The minimum absolute atomic E-state index is 0.0856. The van der Waals surface area contributed by atoms with Crippen molar-refractivity contribution in [2.24, 2.45) is 5.73 Å². The SMILES string of the molecule is Cc1cccn2cc(COc3cccc(C(=O)NC4CCN(CC(N)=O)CC4)c3)nc12. The van der Waals surface area contributed by atoms with Crippen LogP contribution in [0.3, 0.4) is 0 Å². The van der Waals surface area contributed by atoms with E-state index >= 15 is 0 Å². The standard InChI is InChI=1S/C23H27N5O3/c1-16-4-3-9-28-13-19(25-22(16)28)15-31-20-6-2-5-17(12-20)23(30)26-18-7-10-27(11-8-18)14-21(24)29/h2-6,9,12-13,18H,7-8,10-11,14-15H2,1H3,(H2,24,29)(H,26,30). The van der Waals surface area contributed by atoms with Gasteiger partial charge in [-0.1, -0.05) is 12.1 Å². The highest BCUT2D eigenvalue weighted by Gasteiger charge is 2.22. The molecule has 0 saturated carbocycles. The molecule has 1 fully saturated rings. The number of nitrogens with two attached hydrogens (primary N) is 1. The van der Waals surface area contributed by atoms with Crippen LogP contribution in [0, 0.1) is 6.92 Å². The van der Waals surface area contributed by atoms with Gasteiger partial charge in [-0.3, -0.25) is 14.5 Å². The lowest BCUT2D eigenvalue weighted by Gasteiger charge is -2.31. The van der Waals surface area contributed by atoms with Crippen molar-refractivity contribution >= 4 is 17.5 Å². The van der Waals surface area contributed by atoms with E-state index in [1.165, 1.54) is 0 Å². The zero-order valence-corrected chi connectivity index (χ0v) is 17.6. The van der Waals surface area contributed by atoms with Crippen molar-refractivity contribution in [3.8, 4) is 5.75 Å². The Labute approximate surface area is 181 Å². The number of carbonyl (C=O) groups excluding carboxylic acids is 2. The quantitative estimate of drug-likeness (QED) is 0.607. The Bertz CT molecular complexity index is 1090. The number of imidazole rings is 1. The minimum atomic E-state index is -0.321. The first-order valence-corrected chi connectivity index (χ1v) is 10.5. The molecule has 162 valence electrons. The van der Waals surface area contributed by atoms with Gasteiger partial charge in [-0.15, -0.1) is 0 Å².